The van der Waals surface area contributed by atoms with Crippen LogP contribution in [0.25, 0.3) is 10.2 Å². The first kappa shape index (κ1) is 15.8. The van der Waals surface area contributed by atoms with E-state index in [4.69, 9.17) is 10.1 Å². The number of anilines is 2. The number of hydrogen-bond donors (Lipinski definition) is 1. The van der Waals surface area contributed by atoms with Crippen LogP contribution in [0, 0.1) is 0 Å². The van der Waals surface area contributed by atoms with Crippen LogP contribution in [0.3, 0.4) is 0 Å². The molecule has 6 heteroatoms. The number of hydrazine groups is 1. The fourth-order valence-corrected chi connectivity index (χ4v) is 3.93. The van der Waals surface area contributed by atoms with Crippen LogP contribution in [0.1, 0.15) is 5.56 Å². The molecule has 4 aromatic rings. The number of nitrogens with one attached hydrogen (secondary N) is 1. The number of hydrazone groups is 1. The Kier molecular flexibility index (Phi) is 3.95. The lowest BCUT2D eigenvalue weighted by Crippen LogP contribution is -2.53. The Morgan fingerprint density at radius 2 is 1.52 bits per heavy atom. The average molecular weight is 371 g/mol. The van der Waals surface area contributed by atoms with Gasteiger partial charge in [-0.3, -0.25) is 5.43 Å². The molecule has 5 rings (SSSR count). The quantitative estimate of drug-likeness (QED) is 0.578. The first-order valence-corrected chi connectivity index (χ1v) is 9.55. The molecule has 1 aliphatic rings. The van der Waals surface area contributed by atoms with Crippen LogP contribution < -0.4 is 15.4 Å². The number of fused-ring (bicyclic) bond motifs is 1. The van der Waals surface area contributed by atoms with Gasteiger partial charge in [-0.15, -0.1) is 0 Å². The second-order valence-corrected chi connectivity index (χ2v) is 7.20. The highest BCUT2D eigenvalue weighted by Gasteiger charge is 2.23. The van der Waals surface area contributed by atoms with Crippen molar-refractivity contribution in [3.8, 4) is 0 Å². The second kappa shape index (κ2) is 6.74. The topological polar surface area (TPSA) is 43.8 Å². The summed E-state index contributed by atoms with van der Waals surface area (Å²) in [5.41, 5.74) is 6.52. The number of hydrogen-bond acceptors (Lipinski definition) is 6. The number of thiazole rings is 1. The van der Waals surface area contributed by atoms with Crippen molar-refractivity contribution in [1.29, 1.82) is 0 Å². The first-order chi connectivity index (χ1) is 13.4. The molecule has 1 aromatic heterocycles. The number of rotatable bonds is 3. The number of aromatic nitrogens is 1. The maximum atomic E-state index is 4.83. The van der Waals surface area contributed by atoms with E-state index in [-0.39, 0.29) is 0 Å². The van der Waals surface area contributed by atoms with Gasteiger partial charge in [0.15, 0.2) is 5.84 Å². The van der Waals surface area contributed by atoms with Gasteiger partial charge in [0.2, 0.25) is 5.13 Å². The normalized spacial score (nSPS) is 14.1. The predicted octanol–water partition coefficient (Wildman–Crippen LogP) is 4.45. The molecule has 0 radical (unpaired) electrons. The van der Waals surface area contributed by atoms with Crippen LogP contribution in [0.4, 0.5) is 10.8 Å². The van der Waals surface area contributed by atoms with Crippen molar-refractivity contribution < 1.29 is 0 Å². The van der Waals surface area contributed by atoms with E-state index >= 15 is 0 Å². The number of para-hydroxylation sites is 2. The molecule has 1 N–H and O–H groups in total. The molecule has 0 saturated carbocycles. The summed E-state index contributed by atoms with van der Waals surface area (Å²) in [6.07, 6.45) is 0. The first-order valence-electron chi connectivity index (χ1n) is 8.73. The third-order valence-corrected chi connectivity index (χ3v) is 5.41. The van der Waals surface area contributed by atoms with Gasteiger partial charge in [-0.2, -0.15) is 5.10 Å². The Morgan fingerprint density at radius 3 is 2.30 bits per heavy atom. The van der Waals surface area contributed by atoms with E-state index in [2.05, 4.69) is 35.8 Å². The number of benzene rings is 3. The summed E-state index contributed by atoms with van der Waals surface area (Å²) in [7, 11) is 0. The third-order valence-electron chi connectivity index (χ3n) is 4.35. The van der Waals surface area contributed by atoms with Crippen molar-refractivity contribution in [2.24, 2.45) is 5.10 Å². The van der Waals surface area contributed by atoms with Gasteiger partial charge < -0.3 is 0 Å². The molecule has 0 atom stereocenters. The summed E-state index contributed by atoms with van der Waals surface area (Å²) in [6, 6.07) is 28.5. The van der Waals surface area contributed by atoms with Gasteiger partial charge in [0, 0.05) is 5.56 Å². The summed E-state index contributed by atoms with van der Waals surface area (Å²) in [6.45, 7) is 0.570. The monoisotopic (exact) mass is 371 g/mol. The van der Waals surface area contributed by atoms with Crippen LogP contribution in [0.2, 0.25) is 0 Å². The highest BCUT2D eigenvalue weighted by atomic mass is 32.1. The number of nitrogens with zero attached hydrogens (tertiary/aromatic N) is 4. The zero-order valence-electron chi connectivity index (χ0n) is 14.5. The van der Waals surface area contributed by atoms with Crippen LogP contribution in [0.5, 0.6) is 0 Å². The van der Waals surface area contributed by atoms with E-state index in [0.717, 1.165) is 27.7 Å². The summed E-state index contributed by atoms with van der Waals surface area (Å²) in [5, 5.41) is 9.78. The second-order valence-electron chi connectivity index (χ2n) is 6.20. The van der Waals surface area contributed by atoms with E-state index in [1.54, 1.807) is 11.3 Å². The largest absolute Gasteiger partial charge is 0.276 e. The van der Waals surface area contributed by atoms with Gasteiger partial charge in [-0.05, 0) is 24.3 Å². The molecule has 0 bridgehead atoms. The molecule has 0 fully saturated rings. The van der Waals surface area contributed by atoms with Crippen molar-refractivity contribution in [2.45, 2.75) is 0 Å². The molecule has 0 saturated heterocycles. The van der Waals surface area contributed by atoms with Crippen molar-refractivity contribution in [1.82, 2.24) is 10.4 Å². The van der Waals surface area contributed by atoms with Crippen molar-refractivity contribution >= 4 is 38.2 Å². The summed E-state index contributed by atoms with van der Waals surface area (Å²) < 4.78 is 1.17. The van der Waals surface area contributed by atoms with E-state index < -0.39 is 0 Å². The Labute approximate surface area is 161 Å². The Bertz CT molecular complexity index is 1060. The molecule has 0 unspecified atom stereocenters. The Hall–Kier alpha value is -3.38. The lowest BCUT2D eigenvalue weighted by Gasteiger charge is -2.34. The lowest BCUT2D eigenvalue weighted by molar-refractivity contribution is 0.677. The third kappa shape index (κ3) is 3.11. The van der Waals surface area contributed by atoms with Crippen LogP contribution in [-0.2, 0) is 0 Å². The maximum Gasteiger partial charge on any atom is 0.207 e. The highest BCUT2D eigenvalue weighted by Crippen LogP contribution is 2.29. The molecule has 132 valence electrons. The summed E-state index contributed by atoms with van der Waals surface area (Å²) in [4.78, 5) is 4.79. The molecule has 0 spiro atoms. The molecule has 3 aromatic carbocycles. The smallest absolute Gasteiger partial charge is 0.207 e. The van der Waals surface area contributed by atoms with E-state index in [1.807, 2.05) is 64.6 Å². The molecular formula is C21H17N5S. The minimum absolute atomic E-state index is 0.570. The fourth-order valence-electron chi connectivity index (χ4n) is 3.01. The summed E-state index contributed by atoms with van der Waals surface area (Å²) in [5.74, 6) is 0.796. The van der Waals surface area contributed by atoms with Crippen LogP contribution >= 0.6 is 11.3 Å². The van der Waals surface area contributed by atoms with Gasteiger partial charge in [-0.25, -0.2) is 15.0 Å². The Morgan fingerprint density at radius 1 is 0.815 bits per heavy atom. The molecule has 1 aliphatic heterocycles. The van der Waals surface area contributed by atoms with E-state index in [0.29, 0.717) is 6.67 Å². The molecule has 0 amide bonds. The van der Waals surface area contributed by atoms with E-state index in [1.165, 1.54) is 4.70 Å². The number of amidine groups is 1. The van der Waals surface area contributed by atoms with Crippen LogP contribution in [0.15, 0.2) is 90.0 Å². The van der Waals surface area contributed by atoms with Crippen molar-refractivity contribution in [3.63, 3.8) is 0 Å². The fraction of sp³-hybridized carbons (Fsp3) is 0.0476. The average Bonchev–Trinajstić information content (AvgIpc) is 3.19. The SMILES string of the molecule is c1ccc(C2=NN(c3ccccc3)CN(c3nc4ccccc4s3)N2)cc1. The van der Waals surface area contributed by atoms with Crippen LogP contribution in [-0.4, -0.2) is 17.5 Å². The zero-order chi connectivity index (χ0) is 18.1. The van der Waals surface area contributed by atoms with Gasteiger partial charge in [0.1, 0.15) is 6.67 Å². The van der Waals surface area contributed by atoms with Gasteiger partial charge in [-0.1, -0.05) is 72.0 Å². The molecular weight excluding hydrogens is 354 g/mol. The van der Waals surface area contributed by atoms with Crippen molar-refractivity contribution in [2.75, 3.05) is 16.7 Å². The molecule has 0 aliphatic carbocycles. The lowest BCUT2D eigenvalue weighted by atomic mass is 10.2. The van der Waals surface area contributed by atoms with Gasteiger partial charge in [0.05, 0.1) is 15.9 Å². The van der Waals surface area contributed by atoms with Gasteiger partial charge >= 0.3 is 0 Å². The van der Waals surface area contributed by atoms with Gasteiger partial charge in [0.25, 0.3) is 0 Å². The minimum Gasteiger partial charge on any atom is -0.276 e. The minimum atomic E-state index is 0.570. The molecule has 5 nitrogen and oxygen atoms in total. The summed E-state index contributed by atoms with van der Waals surface area (Å²) >= 11 is 1.67. The predicted molar refractivity (Wildman–Crippen MR) is 112 cm³/mol. The maximum absolute atomic E-state index is 4.83. The van der Waals surface area contributed by atoms with Crippen molar-refractivity contribution in [3.05, 3.63) is 90.5 Å². The highest BCUT2D eigenvalue weighted by molar-refractivity contribution is 7.22. The van der Waals surface area contributed by atoms with E-state index in [9.17, 15) is 0 Å². The molecule has 27 heavy (non-hydrogen) atoms. The zero-order valence-corrected chi connectivity index (χ0v) is 15.3. The molecule has 2 heterocycles. The standard InChI is InChI=1S/C21H17N5S/c1-3-9-16(10-4-1)20-23-25(17-11-5-2-6-12-17)15-26(24-20)21-22-18-13-7-8-14-19(18)27-21/h1-14H,15H2,(H,23,24). The Balaban J connectivity index is 1.56.